The molecule has 0 saturated heterocycles. The first-order chi connectivity index (χ1) is 11.5. The molecule has 2 aromatic heterocycles. The number of carbonyl (C=O) groups is 1. The van der Waals surface area contributed by atoms with Crippen LogP contribution in [0, 0.1) is 6.92 Å². The minimum atomic E-state index is -0.782. The van der Waals surface area contributed by atoms with Gasteiger partial charge in [-0.1, -0.05) is 25.7 Å². The maximum Gasteiger partial charge on any atom is 0.319 e. The molecule has 0 radical (unpaired) electrons. The Bertz CT molecular complexity index is 732. The van der Waals surface area contributed by atoms with Gasteiger partial charge in [-0.05, 0) is 25.8 Å². The summed E-state index contributed by atoms with van der Waals surface area (Å²) in [6, 6.07) is 1.54. The lowest BCUT2D eigenvalue weighted by atomic mass is 9.95. The lowest BCUT2D eigenvalue weighted by Gasteiger charge is -2.26. The van der Waals surface area contributed by atoms with Crippen molar-refractivity contribution in [3.63, 3.8) is 0 Å². The number of rotatable bonds is 3. The molecule has 7 heteroatoms. The van der Waals surface area contributed by atoms with Crippen molar-refractivity contribution in [1.29, 1.82) is 0 Å². The first-order valence-corrected chi connectivity index (χ1v) is 8.53. The molecule has 2 amide bonds. The van der Waals surface area contributed by atoms with Crippen LogP contribution >= 0.6 is 0 Å². The number of urea groups is 1. The molecule has 0 aliphatic heterocycles. The van der Waals surface area contributed by atoms with E-state index in [1.165, 1.54) is 0 Å². The molecule has 1 aliphatic carbocycles. The number of aryl methyl sites for hydroxylation is 2. The van der Waals surface area contributed by atoms with Crippen LogP contribution in [0.4, 0.5) is 10.5 Å². The molecule has 0 atom stereocenters. The number of nitrogens with one attached hydrogen (secondary N) is 2. The number of amides is 2. The van der Waals surface area contributed by atoms with Crippen LogP contribution in [0.5, 0.6) is 0 Å². The van der Waals surface area contributed by atoms with E-state index < -0.39 is 5.60 Å². The van der Waals surface area contributed by atoms with Crippen molar-refractivity contribution in [2.24, 2.45) is 7.05 Å². The fourth-order valence-electron chi connectivity index (χ4n) is 3.36. The summed E-state index contributed by atoms with van der Waals surface area (Å²) in [6.07, 6.45) is 7.45. The van der Waals surface area contributed by atoms with Crippen LogP contribution in [-0.4, -0.2) is 38.0 Å². The van der Waals surface area contributed by atoms with Crippen molar-refractivity contribution in [1.82, 2.24) is 20.1 Å². The third-order valence-corrected chi connectivity index (χ3v) is 4.73. The number of hydrogen-bond acceptors (Lipinski definition) is 4. The van der Waals surface area contributed by atoms with Gasteiger partial charge in [0.05, 0.1) is 23.2 Å². The van der Waals surface area contributed by atoms with Crippen molar-refractivity contribution in [2.45, 2.75) is 51.0 Å². The van der Waals surface area contributed by atoms with Gasteiger partial charge in [-0.2, -0.15) is 5.10 Å². The summed E-state index contributed by atoms with van der Waals surface area (Å²) in [5.41, 5.74) is 1.49. The lowest BCUT2D eigenvalue weighted by Crippen LogP contribution is -2.44. The Hall–Kier alpha value is -2.15. The number of hydrogen-bond donors (Lipinski definition) is 3. The highest BCUT2D eigenvalue weighted by molar-refractivity contribution is 5.92. The molecule has 24 heavy (non-hydrogen) atoms. The van der Waals surface area contributed by atoms with Crippen LogP contribution < -0.4 is 10.6 Å². The van der Waals surface area contributed by atoms with Crippen LogP contribution in [0.15, 0.2) is 12.3 Å². The Labute approximate surface area is 141 Å². The second kappa shape index (κ2) is 6.76. The molecule has 2 aromatic rings. The summed E-state index contributed by atoms with van der Waals surface area (Å²) >= 11 is 0. The Morgan fingerprint density at radius 3 is 2.75 bits per heavy atom. The molecule has 0 unspecified atom stereocenters. The number of aromatic nitrogens is 3. The zero-order valence-electron chi connectivity index (χ0n) is 14.3. The molecule has 7 nitrogen and oxygen atoms in total. The molecule has 1 saturated carbocycles. The summed E-state index contributed by atoms with van der Waals surface area (Å²) in [4.78, 5) is 16.5. The van der Waals surface area contributed by atoms with Crippen LogP contribution in [-0.2, 0) is 7.05 Å². The quantitative estimate of drug-likeness (QED) is 0.754. The SMILES string of the molecule is Cc1nn(C)c2ncc(NC(=O)NCC3(O)CCCCCC3)cc12. The zero-order valence-corrected chi connectivity index (χ0v) is 14.3. The Morgan fingerprint density at radius 1 is 1.33 bits per heavy atom. The smallest absolute Gasteiger partial charge is 0.319 e. The van der Waals surface area contributed by atoms with Gasteiger partial charge in [-0.15, -0.1) is 0 Å². The Balaban J connectivity index is 1.61. The van der Waals surface area contributed by atoms with E-state index in [1.54, 1.807) is 10.9 Å². The highest BCUT2D eigenvalue weighted by atomic mass is 16.3. The molecule has 1 aliphatic rings. The van der Waals surface area contributed by atoms with Crippen molar-refractivity contribution in [2.75, 3.05) is 11.9 Å². The number of aliphatic hydroxyl groups is 1. The summed E-state index contributed by atoms with van der Waals surface area (Å²) in [5, 5.41) is 21.4. The molecule has 3 rings (SSSR count). The third kappa shape index (κ3) is 3.67. The average molecular weight is 331 g/mol. The number of carbonyl (C=O) groups excluding carboxylic acids is 1. The van der Waals surface area contributed by atoms with Gasteiger partial charge >= 0.3 is 6.03 Å². The normalized spacial score (nSPS) is 17.5. The van der Waals surface area contributed by atoms with Crippen LogP contribution in [0.3, 0.4) is 0 Å². The molecule has 3 N–H and O–H groups in total. The molecule has 2 heterocycles. The predicted octanol–water partition coefficient (Wildman–Crippen LogP) is 2.48. The van der Waals surface area contributed by atoms with Crippen LogP contribution in [0.2, 0.25) is 0 Å². The van der Waals surface area contributed by atoms with Crippen molar-refractivity contribution < 1.29 is 9.90 Å². The van der Waals surface area contributed by atoms with Crippen LogP contribution in [0.1, 0.15) is 44.2 Å². The van der Waals surface area contributed by atoms with Gasteiger partial charge in [-0.25, -0.2) is 9.78 Å². The zero-order chi connectivity index (χ0) is 17.2. The van der Waals surface area contributed by atoms with Gasteiger partial charge in [0.15, 0.2) is 5.65 Å². The van der Waals surface area contributed by atoms with Gasteiger partial charge < -0.3 is 15.7 Å². The summed E-state index contributed by atoms with van der Waals surface area (Å²) in [6.45, 7) is 2.19. The highest BCUT2D eigenvalue weighted by Crippen LogP contribution is 2.26. The highest BCUT2D eigenvalue weighted by Gasteiger charge is 2.28. The lowest BCUT2D eigenvalue weighted by molar-refractivity contribution is 0.0281. The second-order valence-corrected chi connectivity index (χ2v) is 6.75. The van der Waals surface area contributed by atoms with E-state index in [1.807, 2.05) is 20.0 Å². The monoisotopic (exact) mass is 331 g/mol. The average Bonchev–Trinajstić information content (AvgIpc) is 2.72. The molecular formula is C17H25N5O2. The number of anilines is 1. The van der Waals surface area contributed by atoms with E-state index in [9.17, 15) is 9.90 Å². The predicted molar refractivity (Wildman–Crippen MR) is 92.9 cm³/mol. The minimum Gasteiger partial charge on any atom is -0.388 e. The maximum atomic E-state index is 12.1. The van der Waals surface area contributed by atoms with Crippen molar-refractivity contribution in [3.05, 3.63) is 18.0 Å². The van der Waals surface area contributed by atoms with Gasteiger partial charge in [-0.3, -0.25) is 4.68 Å². The van der Waals surface area contributed by atoms with E-state index in [2.05, 4.69) is 20.7 Å². The molecular weight excluding hydrogens is 306 g/mol. The van der Waals surface area contributed by atoms with E-state index in [0.717, 1.165) is 55.3 Å². The first kappa shape index (κ1) is 16.7. The summed E-state index contributed by atoms with van der Waals surface area (Å²) < 4.78 is 1.72. The largest absolute Gasteiger partial charge is 0.388 e. The Kier molecular flexibility index (Phi) is 4.71. The van der Waals surface area contributed by atoms with Crippen molar-refractivity contribution in [3.8, 4) is 0 Å². The molecule has 0 bridgehead atoms. The molecule has 0 spiro atoms. The fourth-order valence-corrected chi connectivity index (χ4v) is 3.36. The van der Waals surface area contributed by atoms with Gasteiger partial charge in [0.1, 0.15) is 0 Å². The molecule has 130 valence electrons. The molecule has 0 aromatic carbocycles. The fraction of sp³-hybridized carbons (Fsp3) is 0.588. The first-order valence-electron chi connectivity index (χ1n) is 8.53. The number of fused-ring (bicyclic) bond motifs is 1. The standard InChI is InChI=1S/C17H25N5O2/c1-12-14-9-13(10-18-15(14)22(2)21-12)20-16(23)19-11-17(24)7-5-3-4-6-8-17/h9-10,24H,3-8,11H2,1-2H3,(H2,19,20,23). The Morgan fingerprint density at radius 2 is 2.04 bits per heavy atom. The summed E-state index contributed by atoms with van der Waals surface area (Å²) in [5.74, 6) is 0. The van der Waals surface area contributed by atoms with Crippen molar-refractivity contribution >= 4 is 22.8 Å². The van der Waals surface area contributed by atoms with E-state index in [4.69, 9.17) is 0 Å². The third-order valence-electron chi connectivity index (χ3n) is 4.73. The summed E-state index contributed by atoms with van der Waals surface area (Å²) in [7, 11) is 1.84. The van der Waals surface area contributed by atoms with Gasteiger partial charge in [0.2, 0.25) is 0 Å². The second-order valence-electron chi connectivity index (χ2n) is 6.75. The van der Waals surface area contributed by atoms with Crippen LogP contribution in [0.25, 0.3) is 11.0 Å². The molecule has 1 fully saturated rings. The van der Waals surface area contributed by atoms with Gasteiger partial charge in [0.25, 0.3) is 0 Å². The van der Waals surface area contributed by atoms with Gasteiger partial charge in [0, 0.05) is 19.0 Å². The number of nitrogens with zero attached hydrogens (tertiary/aromatic N) is 3. The van der Waals surface area contributed by atoms with E-state index >= 15 is 0 Å². The van der Waals surface area contributed by atoms with E-state index in [0.29, 0.717) is 5.69 Å². The number of pyridine rings is 1. The van der Waals surface area contributed by atoms with E-state index in [-0.39, 0.29) is 12.6 Å². The maximum absolute atomic E-state index is 12.1. The topological polar surface area (TPSA) is 92.1 Å². The minimum absolute atomic E-state index is 0.278.